The van der Waals surface area contributed by atoms with Crippen LogP contribution in [0, 0.1) is 0 Å². The summed E-state index contributed by atoms with van der Waals surface area (Å²) in [4.78, 5) is 27.6. The number of methoxy groups -OCH3 is 1. The Morgan fingerprint density at radius 1 is 0.547 bits per heavy atom. The second-order valence-corrected chi connectivity index (χ2v) is 15.3. The average molecular weight is 733 g/mol. The van der Waals surface area contributed by atoms with Gasteiger partial charge in [0.1, 0.15) is 11.5 Å². The number of hydrogen-bond donors (Lipinski definition) is 2. The number of allylic oxidation sites excluding steroid dienone is 7. The first kappa shape index (κ1) is 46.1. The van der Waals surface area contributed by atoms with Gasteiger partial charge in [-0.05, 0) is 95.6 Å². The summed E-state index contributed by atoms with van der Waals surface area (Å²) in [6, 6.07) is 2.94. The summed E-state index contributed by atoms with van der Waals surface area (Å²) in [6.07, 6.45) is 41.6. The highest BCUT2D eigenvalue weighted by molar-refractivity contribution is 6.39. The molecule has 5 nitrogen and oxygen atoms in total. The fraction of sp³-hybridized carbons (Fsp3) is 0.667. The lowest BCUT2D eigenvalue weighted by atomic mass is 9.80. The maximum atomic E-state index is 13.9. The number of phenols is 2. The zero-order chi connectivity index (χ0) is 38.5. The summed E-state index contributed by atoms with van der Waals surface area (Å²) in [6.45, 7) is 6.14. The summed E-state index contributed by atoms with van der Waals surface area (Å²) >= 11 is 0. The molecule has 2 rings (SSSR count). The van der Waals surface area contributed by atoms with Gasteiger partial charge >= 0.3 is 0 Å². The van der Waals surface area contributed by atoms with E-state index < -0.39 is 0 Å². The summed E-state index contributed by atoms with van der Waals surface area (Å²) in [5.74, 6) is -0.642. The lowest BCUT2D eigenvalue weighted by molar-refractivity contribution is -0.117. The first-order valence-corrected chi connectivity index (χ1v) is 21.8. The van der Waals surface area contributed by atoms with Gasteiger partial charge in [-0.25, -0.2) is 0 Å². The smallest absolute Gasteiger partial charge is 0.224 e. The first-order chi connectivity index (χ1) is 25.9. The highest BCUT2D eigenvalue weighted by Crippen LogP contribution is 2.41. The second-order valence-electron chi connectivity index (χ2n) is 15.3. The zero-order valence-electron chi connectivity index (χ0n) is 34.4. The van der Waals surface area contributed by atoms with Crippen LogP contribution in [-0.4, -0.2) is 28.9 Å². The number of Topliss-reactive ketones (excluding diaryl/α,β-unsaturated/α-hetero) is 2. The van der Waals surface area contributed by atoms with Crippen LogP contribution in [0.2, 0.25) is 0 Å². The Balaban J connectivity index is 1.90. The van der Waals surface area contributed by atoms with Crippen molar-refractivity contribution in [1.82, 2.24) is 0 Å². The number of hydrogen-bond acceptors (Lipinski definition) is 5. The van der Waals surface area contributed by atoms with Gasteiger partial charge in [0.05, 0.1) is 7.11 Å². The van der Waals surface area contributed by atoms with Crippen molar-refractivity contribution in [2.24, 2.45) is 0 Å². The van der Waals surface area contributed by atoms with Crippen molar-refractivity contribution < 1.29 is 24.5 Å². The molecule has 53 heavy (non-hydrogen) atoms. The Kier molecular flexibility index (Phi) is 25.5. The van der Waals surface area contributed by atoms with E-state index in [-0.39, 0.29) is 40.0 Å². The van der Waals surface area contributed by atoms with E-state index in [4.69, 9.17) is 4.74 Å². The molecule has 0 aromatic heterocycles. The predicted octanol–water partition coefficient (Wildman–Crippen LogP) is 14.2. The normalized spacial score (nSPS) is 13.8. The minimum absolute atomic E-state index is 0.0344. The number of phenolic OH excluding ortho intramolecular Hbond substituents is 2. The van der Waals surface area contributed by atoms with Crippen molar-refractivity contribution in [3.05, 3.63) is 64.5 Å². The van der Waals surface area contributed by atoms with Crippen LogP contribution in [-0.2, 0) is 20.7 Å². The minimum Gasteiger partial charge on any atom is -0.508 e. The van der Waals surface area contributed by atoms with Crippen molar-refractivity contribution in [2.45, 2.75) is 201 Å². The number of aromatic hydroxyl groups is 2. The van der Waals surface area contributed by atoms with Gasteiger partial charge in [-0.15, -0.1) is 0 Å². The monoisotopic (exact) mass is 733 g/mol. The van der Waals surface area contributed by atoms with Crippen LogP contribution in [0.25, 0.3) is 5.57 Å². The van der Waals surface area contributed by atoms with Gasteiger partial charge < -0.3 is 14.9 Å². The number of carbonyl (C=O) groups is 2. The van der Waals surface area contributed by atoms with Gasteiger partial charge in [-0.3, -0.25) is 9.59 Å². The second kappa shape index (κ2) is 29.3. The van der Waals surface area contributed by atoms with E-state index in [1.165, 1.54) is 116 Å². The summed E-state index contributed by atoms with van der Waals surface area (Å²) in [7, 11) is 1.44. The molecule has 0 unspecified atom stereocenters. The Morgan fingerprint density at radius 2 is 0.962 bits per heavy atom. The van der Waals surface area contributed by atoms with E-state index in [9.17, 15) is 19.8 Å². The fourth-order valence-corrected chi connectivity index (χ4v) is 7.51. The Hall–Kier alpha value is -3.08. The van der Waals surface area contributed by atoms with Crippen LogP contribution in [0.3, 0.4) is 0 Å². The summed E-state index contributed by atoms with van der Waals surface area (Å²) < 4.78 is 5.43. The number of benzene rings is 1. The van der Waals surface area contributed by atoms with E-state index in [1.54, 1.807) is 13.0 Å². The number of ketones is 2. The molecule has 1 aromatic rings. The third-order valence-corrected chi connectivity index (χ3v) is 10.7. The average Bonchev–Trinajstić information content (AvgIpc) is 3.14. The number of aryl methyl sites for hydroxylation is 1. The third-order valence-electron chi connectivity index (χ3n) is 10.7. The predicted molar refractivity (Wildman–Crippen MR) is 224 cm³/mol. The van der Waals surface area contributed by atoms with Crippen LogP contribution < -0.4 is 0 Å². The molecule has 0 aliphatic heterocycles. The van der Waals surface area contributed by atoms with Crippen molar-refractivity contribution in [1.29, 1.82) is 0 Å². The van der Waals surface area contributed by atoms with E-state index >= 15 is 0 Å². The van der Waals surface area contributed by atoms with Crippen LogP contribution >= 0.6 is 0 Å². The lowest BCUT2D eigenvalue weighted by Crippen LogP contribution is -2.24. The molecule has 0 heterocycles. The largest absolute Gasteiger partial charge is 0.508 e. The quantitative estimate of drug-likeness (QED) is 0.0438. The number of unbranched alkanes of at least 4 members (excludes halogenated alkanes) is 22. The maximum Gasteiger partial charge on any atom is 0.224 e. The Bertz CT molecular complexity index is 1310. The molecule has 298 valence electrons. The molecule has 1 aromatic carbocycles. The molecule has 2 N–H and O–H groups in total. The standard InChI is InChI=1S/C48H76O5/c1-5-7-9-11-13-15-17-19-21-23-25-27-29-31-33-35-40-37-41(49)38-43(50)44(40)45-42(47(52)48(53-4)39(3)46(45)51)36-34-32-30-28-26-24-22-20-18-16-14-12-10-8-6-2/h19-22,37-38,49-50H,5-18,23-36H2,1-4H3. The highest BCUT2D eigenvalue weighted by Gasteiger charge is 2.36. The van der Waals surface area contributed by atoms with Gasteiger partial charge in [-0.1, -0.05) is 141 Å². The maximum absolute atomic E-state index is 13.9. The highest BCUT2D eigenvalue weighted by atomic mass is 16.5. The fourth-order valence-electron chi connectivity index (χ4n) is 7.51. The van der Waals surface area contributed by atoms with Crippen molar-refractivity contribution in [3.63, 3.8) is 0 Å². The van der Waals surface area contributed by atoms with E-state index in [0.717, 1.165) is 64.2 Å². The van der Waals surface area contributed by atoms with Crippen molar-refractivity contribution in [2.75, 3.05) is 7.11 Å². The Labute approximate surface area is 324 Å². The molecule has 0 radical (unpaired) electrons. The number of carbonyl (C=O) groups excluding carboxylic acids is 2. The SMILES string of the molecule is CCCCCCCCC=CCCCCCCCC1=C(c2c(O)cc(O)cc2CCCCCCCC=CCCCCCCCC)C(=O)C(C)=C(OC)C1=O. The minimum atomic E-state index is -0.281. The van der Waals surface area contributed by atoms with Gasteiger partial charge in [0.2, 0.25) is 5.78 Å². The molecule has 0 atom stereocenters. The Morgan fingerprint density at radius 3 is 1.42 bits per heavy atom. The van der Waals surface area contributed by atoms with E-state index in [0.29, 0.717) is 29.5 Å². The lowest BCUT2D eigenvalue weighted by Gasteiger charge is -2.24. The van der Waals surface area contributed by atoms with Gasteiger partial charge in [0.25, 0.3) is 0 Å². The summed E-state index contributed by atoms with van der Waals surface area (Å²) in [5.41, 5.74) is 2.08. The third kappa shape index (κ3) is 18.2. The van der Waals surface area contributed by atoms with Crippen LogP contribution in [0.1, 0.15) is 205 Å². The van der Waals surface area contributed by atoms with Crippen LogP contribution in [0.5, 0.6) is 11.5 Å². The molecule has 0 amide bonds. The van der Waals surface area contributed by atoms with E-state index in [1.807, 2.05) is 0 Å². The zero-order valence-corrected chi connectivity index (χ0v) is 34.4. The number of ether oxygens (including phenoxy) is 1. The molecule has 0 spiro atoms. The molecular formula is C48H76O5. The van der Waals surface area contributed by atoms with Crippen molar-refractivity contribution in [3.8, 4) is 11.5 Å². The van der Waals surface area contributed by atoms with Gasteiger partial charge in [0, 0.05) is 28.3 Å². The molecule has 0 fully saturated rings. The van der Waals surface area contributed by atoms with Gasteiger partial charge in [-0.2, -0.15) is 0 Å². The summed E-state index contributed by atoms with van der Waals surface area (Å²) in [5, 5.41) is 21.6. The molecule has 1 aliphatic carbocycles. The van der Waals surface area contributed by atoms with Crippen molar-refractivity contribution >= 4 is 17.1 Å². The topological polar surface area (TPSA) is 83.8 Å². The van der Waals surface area contributed by atoms with Crippen LogP contribution in [0.15, 0.2) is 53.3 Å². The van der Waals surface area contributed by atoms with Gasteiger partial charge in [0.15, 0.2) is 11.5 Å². The van der Waals surface area contributed by atoms with Crippen LogP contribution in [0.4, 0.5) is 0 Å². The van der Waals surface area contributed by atoms with E-state index in [2.05, 4.69) is 38.2 Å². The first-order valence-electron chi connectivity index (χ1n) is 21.8. The molecular weight excluding hydrogens is 657 g/mol. The molecule has 0 saturated carbocycles. The number of rotatable bonds is 32. The molecule has 0 bridgehead atoms. The molecule has 1 aliphatic rings. The molecule has 5 heteroatoms. The molecule has 0 saturated heterocycles.